The summed E-state index contributed by atoms with van der Waals surface area (Å²) < 4.78 is 3.36. The van der Waals surface area contributed by atoms with Crippen molar-refractivity contribution >= 4 is 5.97 Å². The van der Waals surface area contributed by atoms with E-state index in [4.69, 9.17) is 0 Å². The maximum absolute atomic E-state index is 12.9. The molecule has 30 heavy (non-hydrogen) atoms. The molecule has 6 heteroatoms. The minimum absolute atomic E-state index is 0.0603. The summed E-state index contributed by atoms with van der Waals surface area (Å²) in [7, 11) is 0. The molecule has 0 aliphatic heterocycles. The quantitative estimate of drug-likeness (QED) is 0.533. The number of aromatic carboxylic acids is 1. The predicted octanol–water partition coefficient (Wildman–Crippen LogP) is 4.60. The lowest BCUT2D eigenvalue weighted by Gasteiger charge is -2.09. The molecule has 2 aromatic carbocycles. The van der Waals surface area contributed by atoms with Crippen molar-refractivity contribution < 1.29 is 9.90 Å². The van der Waals surface area contributed by atoms with E-state index in [1.807, 2.05) is 36.4 Å². The predicted molar refractivity (Wildman–Crippen MR) is 118 cm³/mol. The number of hydrogen-bond donors (Lipinski definition) is 1. The van der Waals surface area contributed by atoms with Crippen molar-refractivity contribution in [3.8, 4) is 11.1 Å². The highest BCUT2D eigenvalue weighted by molar-refractivity contribution is 5.95. The fourth-order valence-electron chi connectivity index (χ4n) is 3.51. The number of rotatable bonds is 10. The highest BCUT2D eigenvalue weighted by atomic mass is 16.4. The van der Waals surface area contributed by atoms with Crippen molar-refractivity contribution in [2.24, 2.45) is 0 Å². The molecule has 3 aromatic rings. The summed E-state index contributed by atoms with van der Waals surface area (Å²) in [5.41, 5.74) is 2.73. The van der Waals surface area contributed by atoms with Crippen LogP contribution in [-0.2, 0) is 19.5 Å². The monoisotopic (exact) mass is 407 g/mol. The molecule has 0 saturated carbocycles. The summed E-state index contributed by atoms with van der Waals surface area (Å²) >= 11 is 0. The summed E-state index contributed by atoms with van der Waals surface area (Å²) in [5.74, 6) is -0.112. The van der Waals surface area contributed by atoms with E-state index in [0.717, 1.165) is 49.1 Å². The Bertz CT molecular complexity index is 1050. The van der Waals surface area contributed by atoms with Gasteiger partial charge >= 0.3 is 11.7 Å². The van der Waals surface area contributed by atoms with Crippen LogP contribution in [0, 0.1) is 0 Å². The molecule has 0 aliphatic carbocycles. The Balaban J connectivity index is 1.87. The summed E-state index contributed by atoms with van der Waals surface area (Å²) in [6.07, 6.45) is 4.78. The van der Waals surface area contributed by atoms with Crippen molar-refractivity contribution in [1.82, 2.24) is 14.3 Å². The molecule has 1 aromatic heterocycles. The summed E-state index contributed by atoms with van der Waals surface area (Å²) in [6, 6.07) is 14.7. The molecule has 0 bridgehead atoms. The van der Waals surface area contributed by atoms with Gasteiger partial charge in [-0.2, -0.15) is 5.10 Å². The Morgan fingerprint density at radius 1 is 1.00 bits per heavy atom. The van der Waals surface area contributed by atoms with E-state index in [2.05, 4.69) is 18.9 Å². The first-order valence-corrected chi connectivity index (χ1v) is 10.6. The van der Waals surface area contributed by atoms with Gasteiger partial charge in [0.05, 0.1) is 12.1 Å². The number of carbonyl (C=O) groups is 1. The molecule has 1 N–H and O–H groups in total. The third kappa shape index (κ3) is 4.87. The molecule has 0 spiro atoms. The van der Waals surface area contributed by atoms with Gasteiger partial charge in [-0.25, -0.2) is 14.3 Å². The molecule has 0 amide bonds. The van der Waals surface area contributed by atoms with Gasteiger partial charge in [0.1, 0.15) is 5.82 Å². The number of nitrogens with zero attached hydrogens (tertiary/aromatic N) is 3. The number of benzene rings is 2. The average molecular weight is 408 g/mol. The third-order valence-electron chi connectivity index (χ3n) is 5.24. The fourth-order valence-corrected chi connectivity index (χ4v) is 3.51. The lowest BCUT2D eigenvalue weighted by molar-refractivity contribution is 0.0697. The molecule has 0 radical (unpaired) electrons. The first kappa shape index (κ1) is 21.6. The van der Waals surface area contributed by atoms with Gasteiger partial charge in [0.15, 0.2) is 0 Å². The second-order valence-corrected chi connectivity index (χ2v) is 7.51. The summed E-state index contributed by atoms with van der Waals surface area (Å²) in [5, 5.41) is 14.0. The summed E-state index contributed by atoms with van der Waals surface area (Å²) in [6.45, 7) is 5.34. The largest absolute Gasteiger partial charge is 0.478 e. The van der Waals surface area contributed by atoms with Gasteiger partial charge in [-0.15, -0.1) is 0 Å². The lowest BCUT2D eigenvalue weighted by atomic mass is 9.99. The number of aryl methyl sites for hydroxylation is 2. The molecule has 0 unspecified atom stereocenters. The minimum Gasteiger partial charge on any atom is -0.478 e. The van der Waals surface area contributed by atoms with E-state index in [-0.39, 0.29) is 11.3 Å². The number of aromatic nitrogens is 3. The van der Waals surface area contributed by atoms with E-state index in [0.29, 0.717) is 18.7 Å². The molecule has 0 fully saturated rings. The standard InChI is InChI=1S/C24H29N3O3/c1-3-5-11-22-25-27(16-6-4-2)24(30)26(22)17-18-12-14-19(15-13-18)20-9-7-8-10-21(20)23(28)29/h7-10,12-15H,3-6,11,16-17H2,1-2H3,(H,28,29). The van der Waals surface area contributed by atoms with Crippen LogP contribution in [0.4, 0.5) is 0 Å². The Labute approximate surface area is 176 Å². The van der Waals surface area contributed by atoms with Crippen LogP contribution in [0.2, 0.25) is 0 Å². The van der Waals surface area contributed by atoms with Crippen LogP contribution < -0.4 is 5.69 Å². The van der Waals surface area contributed by atoms with Crippen molar-refractivity contribution in [2.75, 3.05) is 0 Å². The van der Waals surface area contributed by atoms with Gasteiger partial charge < -0.3 is 5.11 Å². The van der Waals surface area contributed by atoms with E-state index in [1.54, 1.807) is 21.4 Å². The van der Waals surface area contributed by atoms with Crippen LogP contribution in [0.5, 0.6) is 0 Å². The van der Waals surface area contributed by atoms with Crippen molar-refractivity contribution in [3.63, 3.8) is 0 Å². The van der Waals surface area contributed by atoms with Gasteiger partial charge in [-0.1, -0.05) is 69.2 Å². The first-order valence-electron chi connectivity index (χ1n) is 10.6. The zero-order valence-corrected chi connectivity index (χ0v) is 17.7. The van der Waals surface area contributed by atoms with Crippen LogP contribution in [0.3, 0.4) is 0 Å². The lowest BCUT2D eigenvalue weighted by Crippen LogP contribution is -2.26. The van der Waals surface area contributed by atoms with E-state index in [9.17, 15) is 14.7 Å². The highest BCUT2D eigenvalue weighted by Gasteiger charge is 2.14. The maximum Gasteiger partial charge on any atom is 0.346 e. The molecule has 0 atom stereocenters. The van der Waals surface area contributed by atoms with E-state index in [1.165, 1.54) is 0 Å². The Morgan fingerprint density at radius 2 is 1.70 bits per heavy atom. The molecule has 0 aliphatic rings. The second-order valence-electron chi connectivity index (χ2n) is 7.51. The molecule has 0 saturated heterocycles. The van der Waals surface area contributed by atoms with Crippen LogP contribution in [0.1, 0.15) is 61.3 Å². The topological polar surface area (TPSA) is 77.1 Å². The normalized spacial score (nSPS) is 11.0. The zero-order valence-electron chi connectivity index (χ0n) is 17.7. The number of hydrogen-bond acceptors (Lipinski definition) is 3. The zero-order chi connectivity index (χ0) is 21.5. The smallest absolute Gasteiger partial charge is 0.346 e. The summed E-state index contributed by atoms with van der Waals surface area (Å²) in [4.78, 5) is 24.4. The van der Waals surface area contributed by atoms with Crippen LogP contribution in [0.15, 0.2) is 53.3 Å². The minimum atomic E-state index is -0.943. The van der Waals surface area contributed by atoms with Crippen molar-refractivity contribution in [3.05, 3.63) is 76.0 Å². The average Bonchev–Trinajstić information content (AvgIpc) is 3.05. The van der Waals surface area contributed by atoms with Crippen molar-refractivity contribution in [2.45, 2.75) is 59.0 Å². The number of unbranched alkanes of at least 4 members (excludes halogenated alkanes) is 2. The van der Waals surface area contributed by atoms with Gasteiger partial charge in [-0.05, 0) is 35.6 Å². The Morgan fingerprint density at radius 3 is 2.37 bits per heavy atom. The SMILES string of the molecule is CCCCc1nn(CCCC)c(=O)n1Cc1ccc(-c2ccccc2C(=O)O)cc1. The Hall–Kier alpha value is -3.15. The molecule has 3 rings (SSSR count). The molecule has 1 heterocycles. The maximum atomic E-state index is 12.9. The van der Waals surface area contributed by atoms with Gasteiger partial charge in [0.2, 0.25) is 0 Å². The number of carboxylic acids is 1. The van der Waals surface area contributed by atoms with E-state index >= 15 is 0 Å². The molecule has 158 valence electrons. The van der Waals surface area contributed by atoms with Gasteiger partial charge in [0, 0.05) is 13.0 Å². The highest BCUT2D eigenvalue weighted by Crippen LogP contribution is 2.24. The van der Waals surface area contributed by atoms with E-state index < -0.39 is 5.97 Å². The molecular formula is C24H29N3O3. The third-order valence-corrected chi connectivity index (χ3v) is 5.24. The van der Waals surface area contributed by atoms with Gasteiger partial charge in [0.25, 0.3) is 0 Å². The van der Waals surface area contributed by atoms with Crippen LogP contribution in [-0.4, -0.2) is 25.4 Å². The fraction of sp³-hybridized carbons (Fsp3) is 0.375. The van der Waals surface area contributed by atoms with Crippen LogP contribution >= 0.6 is 0 Å². The van der Waals surface area contributed by atoms with Gasteiger partial charge in [-0.3, -0.25) is 4.57 Å². The second kappa shape index (κ2) is 10.1. The van der Waals surface area contributed by atoms with Crippen molar-refractivity contribution in [1.29, 1.82) is 0 Å². The number of carboxylic acid groups (broad SMARTS) is 1. The first-order chi connectivity index (χ1) is 14.5. The van der Waals surface area contributed by atoms with Crippen LogP contribution in [0.25, 0.3) is 11.1 Å². The molecule has 6 nitrogen and oxygen atoms in total. The molecular weight excluding hydrogens is 378 g/mol. The Kier molecular flexibility index (Phi) is 7.22.